The summed E-state index contributed by atoms with van der Waals surface area (Å²) in [7, 11) is 1.66. The van der Waals surface area contributed by atoms with Crippen molar-refractivity contribution < 1.29 is 4.74 Å². The molecule has 2 aromatic carbocycles. The Labute approximate surface area is 137 Å². The Kier molecular flexibility index (Phi) is 5.03. The molecule has 0 saturated heterocycles. The Balaban J connectivity index is 2.18. The van der Waals surface area contributed by atoms with Crippen molar-refractivity contribution in [3.63, 3.8) is 0 Å². The molecule has 0 aliphatic rings. The molecule has 2 N–H and O–H groups in total. The van der Waals surface area contributed by atoms with Gasteiger partial charge in [0.05, 0.1) is 12.8 Å². The van der Waals surface area contributed by atoms with E-state index in [2.05, 4.69) is 43.5 Å². The number of ether oxygens (including phenoxy) is 1. The van der Waals surface area contributed by atoms with Crippen molar-refractivity contribution >= 4 is 28.7 Å². The first-order valence-electron chi connectivity index (χ1n) is 7.22. The molecule has 0 heterocycles. The second-order valence-corrected chi connectivity index (χ2v) is 6.52. The third kappa shape index (κ3) is 4.21. The Bertz CT molecular complexity index is 648. The van der Waals surface area contributed by atoms with Crippen LogP contribution in [-0.4, -0.2) is 12.2 Å². The van der Waals surface area contributed by atoms with Gasteiger partial charge >= 0.3 is 0 Å². The van der Waals surface area contributed by atoms with E-state index in [0.717, 1.165) is 17.1 Å². The van der Waals surface area contributed by atoms with Crippen LogP contribution >= 0.6 is 12.2 Å². The summed E-state index contributed by atoms with van der Waals surface area (Å²) in [4.78, 5) is 0. The molecule has 0 bridgehead atoms. The number of anilines is 2. The summed E-state index contributed by atoms with van der Waals surface area (Å²) in [5.74, 6) is 0.769. The maximum absolute atomic E-state index is 5.41. The second kappa shape index (κ2) is 6.79. The molecule has 3 nitrogen and oxygen atoms in total. The summed E-state index contributed by atoms with van der Waals surface area (Å²) < 4.78 is 5.41. The van der Waals surface area contributed by atoms with Crippen molar-refractivity contribution in [1.29, 1.82) is 0 Å². The van der Waals surface area contributed by atoms with E-state index in [1.165, 1.54) is 5.56 Å². The van der Waals surface area contributed by atoms with E-state index in [1.54, 1.807) is 7.11 Å². The first kappa shape index (κ1) is 16.3. The molecule has 0 atom stereocenters. The fraction of sp³-hybridized carbons (Fsp3) is 0.278. The first-order valence-corrected chi connectivity index (χ1v) is 7.62. The smallest absolute Gasteiger partial charge is 0.175 e. The molecule has 2 rings (SSSR count). The number of thiocarbonyl (C=S) groups is 1. The van der Waals surface area contributed by atoms with Crippen molar-refractivity contribution in [3.05, 3.63) is 54.1 Å². The molecular weight excluding hydrogens is 292 g/mol. The Morgan fingerprint density at radius 1 is 1.00 bits per heavy atom. The Morgan fingerprint density at radius 2 is 1.68 bits per heavy atom. The predicted molar refractivity (Wildman–Crippen MR) is 98.0 cm³/mol. The van der Waals surface area contributed by atoms with E-state index in [0.29, 0.717) is 5.11 Å². The van der Waals surface area contributed by atoms with Gasteiger partial charge in [-0.1, -0.05) is 45.0 Å². The van der Waals surface area contributed by atoms with Gasteiger partial charge in [-0.05, 0) is 47.5 Å². The van der Waals surface area contributed by atoms with Crippen molar-refractivity contribution in [3.8, 4) is 5.75 Å². The topological polar surface area (TPSA) is 33.3 Å². The summed E-state index contributed by atoms with van der Waals surface area (Å²) >= 11 is 5.38. The maximum Gasteiger partial charge on any atom is 0.175 e. The summed E-state index contributed by atoms with van der Waals surface area (Å²) in [5.41, 5.74) is 3.10. The fourth-order valence-corrected chi connectivity index (χ4v) is 2.31. The highest BCUT2D eigenvalue weighted by Gasteiger charge is 2.16. The molecular formula is C18H22N2OS. The Hall–Kier alpha value is -2.07. The van der Waals surface area contributed by atoms with Crippen LogP contribution in [0, 0.1) is 0 Å². The zero-order valence-corrected chi connectivity index (χ0v) is 14.3. The van der Waals surface area contributed by atoms with Gasteiger partial charge in [0.1, 0.15) is 5.75 Å². The van der Waals surface area contributed by atoms with Gasteiger partial charge < -0.3 is 15.4 Å². The molecule has 0 amide bonds. The number of hydrogen-bond donors (Lipinski definition) is 2. The van der Waals surface area contributed by atoms with Gasteiger partial charge in [0.15, 0.2) is 5.11 Å². The number of rotatable bonds is 3. The number of nitrogens with one attached hydrogen (secondary N) is 2. The average molecular weight is 314 g/mol. The zero-order chi connectivity index (χ0) is 16.2. The van der Waals surface area contributed by atoms with Gasteiger partial charge in [0, 0.05) is 5.69 Å². The number of benzene rings is 2. The van der Waals surface area contributed by atoms with Crippen molar-refractivity contribution in [2.75, 3.05) is 17.7 Å². The first-order chi connectivity index (χ1) is 10.4. The lowest BCUT2D eigenvalue weighted by Gasteiger charge is -2.21. The van der Waals surface area contributed by atoms with Gasteiger partial charge in [-0.15, -0.1) is 0 Å². The zero-order valence-electron chi connectivity index (χ0n) is 13.4. The van der Waals surface area contributed by atoms with Crippen LogP contribution in [0.1, 0.15) is 26.3 Å². The van der Waals surface area contributed by atoms with Crippen molar-refractivity contribution in [2.24, 2.45) is 0 Å². The molecule has 2 aromatic rings. The van der Waals surface area contributed by atoms with Crippen molar-refractivity contribution in [2.45, 2.75) is 26.2 Å². The van der Waals surface area contributed by atoms with Gasteiger partial charge in [-0.2, -0.15) is 0 Å². The number of para-hydroxylation sites is 1. The van der Waals surface area contributed by atoms with Crippen LogP contribution < -0.4 is 15.4 Å². The fourth-order valence-electron chi connectivity index (χ4n) is 2.08. The van der Waals surface area contributed by atoms with E-state index >= 15 is 0 Å². The van der Waals surface area contributed by atoms with Crippen LogP contribution in [-0.2, 0) is 5.41 Å². The van der Waals surface area contributed by atoms with Gasteiger partial charge in [0.25, 0.3) is 0 Å². The minimum atomic E-state index is 0.0666. The molecule has 0 aliphatic heterocycles. The molecule has 0 aromatic heterocycles. The van der Waals surface area contributed by atoms with E-state index in [-0.39, 0.29) is 5.41 Å². The monoisotopic (exact) mass is 314 g/mol. The van der Waals surface area contributed by atoms with Crippen LogP contribution in [0.2, 0.25) is 0 Å². The van der Waals surface area contributed by atoms with Gasteiger partial charge in [-0.3, -0.25) is 0 Å². The largest absolute Gasteiger partial charge is 0.495 e. The van der Waals surface area contributed by atoms with Crippen LogP contribution in [0.15, 0.2) is 48.5 Å². The van der Waals surface area contributed by atoms with Gasteiger partial charge in [-0.25, -0.2) is 0 Å². The molecule has 0 radical (unpaired) electrons. The van der Waals surface area contributed by atoms with E-state index in [4.69, 9.17) is 17.0 Å². The molecule has 0 fully saturated rings. The summed E-state index contributed by atoms with van der Waals surface area (Å²) in [5, 5.41) is 6.92. The highest BCUT2D eigenvalue weighted by molar-refractivity contribution is 7.80. The number of hydrogen-bond acceptors (Lipinski definition) is 2. The average Bonchev–Trinajstić information content (AvgIpc) is 2.47. The number of methoxy groups -OCH3 is 1. The standard InChI is InChI=1S/C18H22N2OS/c1-18(2,3)13-10-11-16(21-4)15(12-13)20-17(22)19-14-8-6-5-7-9-14/h5-12H,1-4H3,(H2,19,20,22). The lowest BCUT2D eigenvalue weighted by molar-refractivity contribution is 0.416. The van der Waals surface area contributed by atoms with E-state index in [9.17, 15) is 0 Å². The summed E-state index contributed by atoms with van der Waals surface area (Å²) in [6, 6.07) is 16.0. The van der Waals surface area contributed by atoms with Gasteiger partial charge in [0.2, 0.25) is 0 Å². The third-order valence-electron chi connectivity index (χ3n) is 3.35. The van der Waals surface area contributed by atoms with Crippen LogP contribution in [0.4, 0.5) is 11.4 Å². The lowest BCUT2D eigenvalue weighted by Crippen LogP contribution is -2.20. The molecule has 4 heteroatoms. The highest BCUT2D eigenvalue weighted by Crippen LogP contribution is 2.31. The minimum Gasteiger partial charge on any atom is -0.495 e. The molecule has 0 saturated carbocycles. The summed E-state index contributed by atoms with van der Waals surface area (Å²) in [6.07, 6.45) is 0. The van der Waals surface area contributed by atoms with Crippen LogP contribution in [0.3, 0.4) is 0 Å². The normalized spacial score (nSPS) is 10.9. The highest BCUT2D eigenvalue weighted by atomic mass is 32.1. The molecule has 116 valence electrons. The van der Waals surface area contributed by atoms with Crippen LogP contribution in [0.5, 0.6) is 5.75 Å². The molecule has 0 aliphatic carbocycles. The minimum absolute atomic E-state index is 0.0666. The summed E-state index contributed by atoms with van der Waals surface area (Å²) in [6.45, 7) is 6.54. The SMILES string of the molecule is COc1ccc(C(C)(C)C)cc1NC(=S)Nc1ccccc1. The lowest BCUT2D eigenvalue weighted by atomic mass is 9.87. The maximum atomic E-state index is 5.41. The quantitative estimate of drug-likeness (QED) is 0.797. The van der Waals surface area contributed by atoms with Crippen molar-refractivity contribution in [1.82, 2.24) is 0 Å². The van der Waals surface area contributed by atoms with E-state index in [1.807, 2.05) is 36.4 Å². The predicted octanol–water partition coefficient (Wildman–Crippen LogP) is 4.80. The third-order valence-corrected chi connectivity index (χ3v) is 3.55. The molecule has 0 spiro atoms. The van der Waals surface area contributed by atoms with E-state index < -0.39 is 0 Å². The van der Waals surface area contributed by atoms with Crippen LogP contribution in [0.25, 0.3) is 0 Å². The second-order valence-electron chi connectivity index (χ2n) is 6.11. The Morgan fingerprint density at radius 3 is 2.27 bits per heavy atom. The molecule has 22 heavy (non-hydrogen) atoms. The molecule has 0 unspecified atom stereocenters.